The first-order valence-corrected chi connectivity index (χ1v) is 11.1. The molecule has 0 saturated heterocycles. The molecule has 2 aromatic heterocycles. The van der Waals surface area contributed by atoms with E-state index >= 15 is 0 Å². The molecule has 1 aliphatic rings. The number of pyridine rings is 1. The van der Waals surface area contributed by atoms with Gasteiger partial charge in [0, 0.05) is 57.0 Å². The first kappa shape index (κ1) is 24.8. The molecule has 0 fully saturated rings. The predicted molar refractivity (Wildman–Crippen MR) is 135 cm³/mol. The van der Waals surface area contributed by atoms with Gasteiger partial charge in [-0.05, 0) is 40.8 Å². The molecular formula is C30H19IrN5-2. The Hall–Kier alpha value is -4.35. The molecule has 0 amide bonds. The molecule has 0 spiro atoms. The van der Waals surface area contributed by atoms with E-state index in [2.05, 4.69) is 37.6 Å². The number of aromatic nitrogens is 3. The van der Waals surface area contributed by atoms with Crippen LogP contribution in [0.2, 0.25) is 0 Å². The molecule has 6 rings (SSSR count). The van der Waals surface area contributed by atoms with Crippen LogP contribution in [0.1, 0.15) is 11.1 Å². The summed E-state index contributed by atoms with van der Waals surface area (Å²) in [6.45, 7) is 8.39. The molecule has 36 heavy (non-hydrogen) atoms. The normalized spacial score (nSPS) is 10.8. The van der Waals surface area contributed by atoms with Crippen LogP contribution in [0.25, 0.3) is 38.6 Å². The molecule has 5 nitrogen and oxygen atoms in total. The second-order valence-electron chi connectivity index (χ2n) is 7.90. The van der Waals surface area contributed by atoms with Gasteiger partial charge in [0.25, 0.3) is 0 Å². The number of benzene rings is 3. The Kier molecular flexibility index (Phi) is 7.83. The Balaban J connectivity index is 0.000000185. The Morgan fingerprint density at radius 3 is 2.64 bits per heavy atom. The second kappa shape index (κ2) is 11.4. The van der Waals surface area contributed by atoms with E-state index in [9.17, 15) is 0 Å². The molecule has 0 bridgehead atoms. The molecule has 0 unspecified atom stereocenters. The minimum Gasteiger partial charge on any atom is -0.371 e. The van der Waals surface area contributed by atoms with E-state index in [-0.39, 0.29) is 20.1 Å². The van der Waals surface area contributed by atoms with Crippen LogP contribution in [0.15, 0.2) is 91.4 Å². The molecule has 0 aliphatic carbocycles. The number of hydrogen-bond donors (Lipinski definition) is 0. The van der Waals surface area contributed by atoms with Gasteiger partial charge in [-0.25, -0.2) is 5.26 Å². The van der Waals surface area contributed by atoms with Crippen molar-refractivity contribution in [3.8, 4) is 39.8 Å². The first-order valence-electron chi connectivity index (χ1n) is 11.1. The average molecular weight is 642 g/mol. The summed E-state index contributed by atoms with van der Waals surface area (Å²) >= 11 is 0. The van der Waals surface area contributed by atoms with Gasteiger partial charge in [-0.3, -0.25) is 4.98 Å². The van der Waals surface area contributed by atoms with E-state index in [1.807, 2.05) is 73.1 Å². The Bertz CT molecular complexity index is 1580. The van der Waals surface area contributed by atoms with Crippen LogP contribution >= 0.6 is 0 Å². The molecule has 1 radical (unpaired) electrons. The Morgan fingerprint density at radius 1 is 0.972 bits per heavy atom. The monoisotopic (exact) mass is 642 g/mol. The van der Waals surface area contributed by atoms with Gasteiger partial charge in [-0.1, -0.05) is 36.4 Å². The molecule has 3 heterocycles. The fourth-order valence-corrected chi connectivity index (χ4v) is 4.13. The first-order chi connectivity index (χ1) is 17.3. The third-order valence-corrected chi connectivity index (χ3v) is 5.80. The maximum Gasteiger partial charge on any atom is 0.236 e. The van der Waals surface area contributed by atoms with Crippen molar-refractivity contribution in [2.45, 2.75) is 13.0 Å². The van der Waals surface area contributed by atoms with Crippen LogP contribution in [-0.2, 0) is 33.1 Å². The quantitative estimate of drug-likeness (QED) is 0.206. The summed E-state index contributed by atoms with van der Waals surface area (Å²) in [6.07, 6.45) is 6.67. The molecule has 5 aromatic rings. The summed E-state index contributed by atoms with van der Waals surface area (Å²) in [5, 5.41) is 8.96. The van der Waals surface area contributed by atoms with Crippen molar-refractivity contribution in [1.82, 2.24) is 14.5 Å². The molecule has 175 valence electrons. The van der Waals surface area contributed by atoms with Crippen LogP contribution in [0.3, 0.4) is 0 Å². The van der Waals surface area contributed by atoms with Crippen molar-refractivity contribution in [3.05, 3.63) is 126 Å². The van der Waals surface area contributed by atoms with Gasteiger partial charge >= 0.3 is 0 Å². The van der Waals surface area contributed by atoms with Gasteiger partial charge in [0.1, 0.15) is 6.57 Å². The smallest absolute Gasteiger partial charge is 0.236 e. The van der Waals surface area contributed by atoms with Crippen LogP contribution in [0.5, 0.6) is 0 Å². The fourth-order valence-electron chi connectivity index (χ4n) is 4.13. The van der Waals surface area contributed by atoms with Crippen molar-refractivity contribution in [2.24, 2.45) is 0 Å². The van der Waals surface area contributed by atoms with Gasteiger partial charge < -0.3 is 9.55 Å². The number of hydrogen-bond acceptors (Lipinski definition) is 3. The standard InChI is InChI=1S/C19H10N3.C11H9N2.Ir/c1-21-18-12-14(13-20)9-10-17(18)19-16(8-5-11-22-19)15-6-3-2-4-7-15;1-2-4-10-9(3-1)5-7-13-8-6-12-11(10)13;/h2-9,11-12H;1-3,6,8H,5,7H2;/q2*-1;. The number of aryl methyl sites for hydroxylation is 2. The zero-order valence-corrected chi connectivity index (χ0v) is 21.5. The predicted octanol–water partition coefficient (Wildman–Crippen LogP) is 6.54. The minimum atomic E-state index is 0. The topological polar surface area (TPSA) is 58.9 Å². The Morgan fingerprint density at radius 2 is 1.83 bits per heavy atom. The number of nitriles is 1. The van der Waals surface area contributed by atoms with Crippen molar-refractivity contribution >= 4 is 5.69 Å². The van der Waals surface area contributed by atoms with Crippen molar-refractivity contribution in [1.29, 1.82) is 5.26 Å². The maximum atomic E-state index is 8.96. The summed E-state index contributed by atoms with van der Waals surface area (Å²) < 4.78 is 2.18. The average Bonchev–Trinajstić information content (AvgIpc) is 3.43. The Labute approximate surface area is 223 Å². The number of nitrogens with zero attached hydrogens (tertiary/aromatic N) is 5. The fraction of sp³-hybridized carbons (Fsp3) is 0.0667. The number of fused-ring (bicyclic) bond motifs is 3. The summed E-state index contributed by atoms with van der Waals surface area (Å²) in [5.74, 6) is 1.06. The molecule has 0 N–H and O–H groups in total. The van der Waals surface area contributed by atoms with E-state index in [1.165, 1.54) is 11.1 Å². The molecule has 6 heteroatoms. The van der Waals surface area contributed by atoms with Crippen LogP contribution in [0.4, 0.5) is 5.69 Å². The largest absolute Gasteiger partial charge is 0.371 e. The summed E-state index contributed by atoms with van der Waals surface area (Å²) in [4.78, 5) is 12.3. The molecule has 1 aliphatic heterocycles. The summed E-state index contributed by atoms with van der Waals surface area (Å²) in [7, 11) is 0. The molecular weight excluding hydrogens is 623 g/mol. The zero-order chi connectivity index (χ0) is 24.0. The van der Waals surface area contributed by atoms with Gasteiger partial charge in [-0.2, -0.15) is 4.85 Å². The minimum absolute atomic E-state index is 0. The van der Waals surface area contributed by atoms with Gasteiger partial charge in [0.2, 0.25) is 5.69 Å². The van der Waals surface area contributed by atoms with Crippen molar-refractivity contribution in [2.75, 3.05) is 0 Å². The van der Waals surface area contributed by atoms with Crippen molar-refractivity contribution < 1.29 is 20.1 Å². The van der Waals surface area contributed by atoms with E-state index in [0.717, 1.165) is 29.9 Å². The second-order valence-corrected chi connectivity index (χ2v) is 7.90. The van der Waals surface area contributed by atoms with E-state index in [0.29, 0.717) is 22.5 Å². The summed E-state index contributed by atoms with van der Waals surface area (Å²) in [6, 6.07) is 31.3. The van der Waals surface area contributed by atoms with Gasteiger partial charge in [-0.15, -0.1) is 47.5 Å². The third-order valence-electron chi connectivity index (χ3n) is 5.80. The third kappa shape index (κ3) is 5.02. The maximum absolute atomic E-state index is 8.96. The molecule has 0 saturated carbocycles. The number of imidazole rings is 1. The van der Waals surface area contributed by atoms with E-state index in [1.54, 1.807) is 18.3 Å². The summed E-state index contributed by atoms with van der Waals surface area (Å²) in [5.41, 5.74) is 6.62. The van der Waals surface area contributed by atoms with E-state index in [4.69, 9.17) is 11.8 Å². The van der Waals surface area contributed by atoms with Crippen LogP contribution < -0.4 is 0 Å². The number of rotatable bonds is 2. The van der Waals surface area contributed by atoms with Crippen molar-refractivity contribution in [3.63, 3.8) is 0 Å². The van der Waals surface area contributed by atoms with Gasteiger partial charge in [0.15, 0.2) is 0 Å². The molecule has 0 atom stereocenters. The SMILES string of the molecule is [C-]#[N+]c1cc(C#N)c[c-]c1-c1ncccc1-c1ccccc1.[Ir].[c-]1cccc2c1-c1nccn1CC2. The zero-order valence-electron chi connectivity index (χ0n) is 19.1. The van der Waals surface area contributed by atoms with Crippen LogP contribution in [0, 0.1) is 30.0 Å². The molecule has 3 aromatic carbocycles. The van der Waals surface area contributed by atoms with E-state index < -0.39 is 0 Å². The van der Waals surface area contributed by atoms with Crippen LogP contribution in [-0.4, -0.2) is 14.5 Å². The van der Waals surface area contributed by atoms with Gasteiger partial charge in [0.05, 0.1) is 5.82 Å².